The molecule has 1 spiro atoms. The summed E-state index contributed by atoms with van der Waals surface area (Å²) in [6.45, 7) is 16.9. The second kappa shape index (κ2) is 13.3. The van der Waals surface area contributed by atoms with E-state index in [1.54, 1.807) is 10.5 Å². The van der Waals surface area contributed by atoms with Gasteiger partial charge in [0.25, 0.3) is 0 Å². The Kier molecular flexibility index (Phi) is 10.2. The van der Waals surface area contributed by atoms with Crippen LogP contribution in [0.1, 0.15) is 82.4 Å². The zero-order valence-corrected chi connectivity index (χ0v) is 28.2. The molecular weight excluding hydrogens is 531 g/mol. The van der Waals surface area contributed by atoms with Crippen molar-refractivity contribution in [2.75, 3.05) is 42.9 Å². The highest BCUT2D eigenvalue weighted by molar-refractivity contribution is 8.31. The summed E-state index contributed by atoms with van der Waals surface area (Å²) in [4.78, 5) is 3.91. The lowest BCUT2D eigenvalue weighted by Gasteiger charge is -2.66. The number of nitrogens with zero attached hydrogens (tertiary/aromatic N) is 2. The minimum Gasteiger partial charge on any atom is -0.388 e. The molecule has 1 saturated carbocycles. The molecule has 1 fully saturated rings. The first-order valence-electron chi connectivity index (χ1n) is 16.0. The lowest BCUT2D eigenvalue weighted by Crippen LogP contribution is -2.62. The third-order valence-corrected chi connectivity index (χ3v) is 14.9. The van der Waals surface area contributed by atoms with Crippen LogP contribution < -0.4 is 10.2 Å². The molecule has 0 bridgehead atoms. The topological polar surface area (TPSA) is 18.5 Å². The van der Waals surface area contributed by atoms with Gasteiger partial charge in [-0.2, -0.15) is 10.2 Å². The fraction of sp³-hybridized carbons (Fsp3) is 0.474. The smallest absolute Gasteiger partial charge is 0.0364 e. The van der Waals surface area contributed by atoms with Crippen LogP contribution in [-0.2, 0) is 6.54 Å². The minimum atomic E-state index is -1.24. The fourth-order valence-electron chi connectivity index (χ4n) is 8.00. The van der Waals surface area contributed by atoms with Crippen molar-refractivity contribution in [2.24, 2.45) is 5.41 Å². The molecule has 5 rings (SSSR count). The van der Waals surface area contributed by atoms with Crippen molar-refractivity contribution in [1.82, 2.24) is 4.31 Å². The van der Waals surface area contributed by atoms with Crippen LogP contribution in [0.15, 0.2) is 90.8 Å². The molecule has 0 aromatic heterocycles. The van der Waals surface area contributed by atoms with Crippen LogP contribution in [0, 0.1) is 5.41 Å². The van der Waals surface area contributed by atoms with E-state index >= 15 is 0 Å². The summed E-state index contributed by atoms with van der Waals surface area (Å²) in [7, 11) is 5.16. The minimum absolute atomic E-state index is 0.195. The van der Waals surface area contributed by atoms with Crippen LogP contribution in [0.2, 0.25) is 0 Å². The first-order valence-corrected chi connectivity index (χ1v) is 17.9. The van der Waals surface area contributed by atoms with E-state index in [2.05, 4.69) is 142 Å². The van der Waals surface area contributed by atoms with E-state index < -0.39 is 10.2 Å². The Labute approximate surface area is 258 Å². The van der Waals surface area contributed by atoms with Gasteiger partial charge in [-0.1, -0.05) is 83.0 Å². The van der Waals surface area contributed by atoms with Crippen LogP contribution in [0.25, 0.3) is 0 Å². The maximum atomic E-state index is 3.42. The number of rotatable bonds is 9. The number of hydrogen-bond acceptors (Lipinski definition) is 3. The lowest BCUT2D eigenvalue weighted by molar-refractivity contribution is -0.0603. The first-order chi connectivity index (χ1) is 20.3. The summed E-state index contributed by atoms with van der Waals surface area (Å²) >= 11 is 0. The number of benzene rings is 3. The van der Waals surface area contributed by atoms with E-state index in [1.165, 1.54) is 66.1 Å². The molecule has 0 unspecified atom stereocenters. The van der Waals surface area contributed by atoms with Crippen LogP contribution in [0.5, 0.6) is 0 Å². The third-order valence-electron chi connectivity index (χ3n) is 10.4. The van der Waals surface area contributed by atoms with Gasteiger partial charge in [0.05, 0.1) is 0 Å². The van der Waals surface area contributed by atoms with E-state index in [9.17, 15) is 0 Å². The molecule has 0 radical (unpaired) electrons. The standard InChI is InChI=1S/C36H51N3S.C2H4/c1-8-35(9-2)26-36(27-35)24-33(29-18-15-19-30(22-29)37-5)32-23-31(38(6)7)20-21-34(32)40(10-3,11-4)39(36)25-28-16-13-12-14-17-28;1-2/h12-23,33,37H,8-11,24-27H2,1-7H3;1-2H2/t33-;/m1./s1. The highest BCUT2D eigenvalue weighted by Crippen LogP contribution is 2.73. The van der Waals surface area contributed by atoms with E-state index in [-0.39, 0.29) is 5.54 Å². The van der Waals surface area contributed by atoms with Crippen molar-refractivity contribution in [1.29, 1.82) is 0 Å². The summed E-state index contributed by atoms with van der Waals surface area (Å²) in [5.41, 5.74) is 7.65. The average molecular weight is 586 g/mol. The van der Waals surface area contributed by atoms with Gasteiger partial charge in [0.2, 0.25) is 0 Å². The zero-order chi connectivity index (χ0) is 30.5. The van der Waals surface area contributed by atoms with E-state index in [1.807, 2.05) is 7.05 Å². The SMILES string of the molecule is C=C.CCC1(CC)CC2(C[C@H](c3cccc(NC)c3)c3cc(N(C)C)ccc3S(CC)(CC)N2Cc2ccccc2)C1. The van der Waals surface area contributed by atoms with Crippen molar-refractivity contribution in [3.05, 3.63) is 103 Å². The second-order valence-corrected chi connectivity index (χ2v) is 16.2. The Morgan fingerprint density at radius 2 is 1.55 bits per heavy atom. The maximum absolute atomic E-state index is 3.42. The van der Waals surface area contributed by atoms with Crippen molar-refractivity contribution < 1.29 is 0 Å². The summed E-state index contributed by atoms with van der Waals surface area (Å²) in [6.07, 6.45) is 6.37. The van der Waals surface area contributed by atoms with E-state index in [4.69, 9.17) is 0 Å². The maximum Gasteiger partial charge on any atom is 0.0364 e. The largest absolute Gasteiger partial charge is 0.388 e. The summed E-state index contributed by atoms with van der Waals surface area (Å²) < 4.78 is 3.11. The van der Waals surface area contributed by atoms with E-state index in [0.717, 1.165) is 6.54 Å². The van der Waals surface area contributed by atoms with Crippen LogP contribution in [0.3, 0.4) is 0 Å². The highest BCUT2D eigenvalue weighted by Gasteiger charge is 2.60. The Balaban J connectivity index is 0.00000198. The molecule has 3 nitrogen and oxygen atoms in total. The van der Waals surface area contributed by atoms with Gasteiger partial charge in [-0.3, -0.25) is 4.31 Å². The van der Waals surface area contributed by atoms with Crippen LogP contribution in [-0.4, -0.2) is 42.5 Å². The molecule has 42 heavy (non-hydrogen) atoms. The summed E-state index contributed by atoms with van der Waals surface area (Å²) in [6, 6.07) is 28.0. The molecule has 1 aliphatic carbocycles. The molecule has 3 aromatic carbocycles. The lowest BCUT2D eigenvalue weighted by atomic mass is 9.52. The number of nitrogens with one attached hydrogen (secondary N) is 1. The molecule has 0 amide bonds. The number of anilines is 2. The molecule has 1 N–H and O–H groups in total. The van der Waals surface area contributed by atoms with Gasteiger partial charge in [0.15, 0.2) is 0 Å². The molecule has 1 aliphatic heterocycles. The summed E-state index contributed by atoms with van der Waals surface area (Å²) in [5, 5.41) is 3.42. The number of hydrogen-bond donors (Lipinski definition) is 1. The molecule has 1 heterocycles. The summed E-state index contributed by atoms with van der Waals surface area (Å²) in [5.74, 6) is 2.77. The van der Waals surface area contributed by atoms with Gasteiger partial charge in [-0.15, -0.1) is 13.2 Å². The van der Waals surface area contributed by atoms with Gasteiger partial charge in [0.1, 0.15) is 0 Å². The number of fused-ring (bicyclic) bond motifs is 1. The Morgan fingerprint density at radius 1 is 0.881 bits per heavy atom. The van der Waals surface area contributed by atoms with Gasteiger partial charge < -0.3 is 10.2 Å². The monoisotopic (exact) mass is 585 g/mol. The molecule has 4 heteroatoms. The molecule has 1 atom stereocenters. The average Bonchev–Trinajstić information content (AvgIpc) is 3.12. The van der Waals surface area contributed by atoms with Crippen molar-refractivity contribution in [3.8, 4) is 0 Å². The van der Waals surface area contributed by atoms with Crippen molar-refractivity contribution in [3.63, 3.8) is 0 Å². The second-order valence-electron chi connectivity index (χ2n) is 12.5. The van der Waals surface area contributed by atoms with Gasteiger partial charge in [-0.25, -0.2) is 0 Å². The van der Waals surface area contributed by atoms with Crippen LogP contribution >= 0.6 is 10.2 Å². The Morgan fingerprint density at radius 3 is 2.12 bits per heavy atom. The fourth-order valence-corrected chi connectivity index (χ4v) is 12.2. The Bertz CT molecular complexity index is 1300. The molecule has 3 aromatic rings. The van der Waals surface area contributed by atoms with Gasteiger partial charge in [-0.05, 0) is 83.2 Å². The predicted molar refractivity (Wildman–Crippen MR) is 188 cm³/mol. The van der Waals surface area contributed by atoms with Gasteiger partial charge >= 0.3 is 0 Å². The predicted octanol–water partition coefficient (Wildman–Crippen LogP) is 10.1. The highest BCUT2D eigenvalue weighted by atomic mass is 32.3. The molecule has 228 valence electrons. The quantitative estimate of drug-likeness (QED) is 0.252. The van der Waals surface area contributed by atoms with Crippen molar-refractivity contribution >= 4 is 21.6 Å². The zero-order valence-electron chi connectivity index (χ0n) is 27.4. The Hall–Kier alpha value is -2.69. The molecule has 2 aliphatic rings. The van der Waals surface area contributed by atoms with Gasteiger partial charge in [0, 0.05) is 55.4 Å². The molecule has 0 saturated heterocycles. The van der Waals surface area contributed by atoms with Crippen molar-refractivity contribution in [2.45, 2.75) is 82.7 Å². The first kappa shape index (κ1) is 32.2. The third kappa shape index (κ3) is 5.65. The van der Waals surface area contributed by atoms with E-state index in [0.29, 0.717) is 11.3 Å². The molecular formula is C38H55N3S. The van der Waals surface area contributed by atoms with Crippen LogP contribution in [0.4, 0.5) is 11.4 Å². The normalized spacial score (nSPS) is 20.7.